The highest BCUT2D eigenvalue weighted by molar-refractivity contribution is 7.10. The summed E-state index contributed by atoms with van der Waals surface area (Å²) in [6.07, 6.45) is 2.88. The maximum Gasteiger partial charge on any atom is 0.224 e. The van der Waals surface area contributed by atoms with Gasteiger partial charge in [0.1, 0.15) is 0 Å². The third kappa shape index (κ3) is 4.13. The molecule has 4 heteroatoms. The monoisotopic (exact) mass is 254 g/mol. The first-order valence-electron chi connectivity index (χ1n) is 6.25. The SMILES string of the molecule is CCCC(CN)C(=O)NCc1sccc1CC. The van der Waals surface area contributed by atoms with E-state index in [0.717, 1.165) is 19.3 Å². The summed E-state index contributed by atoms with van der Waals surface area (Å²) in [4.78, 5) is 13.1. The smallest absolute Gasteiger partial charge is 0.224 e. The van der Waals surface area contributed by atoms with Crippen molar-refractivity contribution in [2.45, 2.75) is 39.7 Å². The number of carbonyl (C=O) groups is 1. The van der Waals surface area contributed by atoms with E-state index in [9.17, 15) is 4.79 Å². The largest absolute Gasteiger partial charge is 0.351 e. The fraction of sp³-hybridized carbons (Fsp3) is 0.615. The van der Waals surface area contributed by atoms with Gasteiger partial charge in [0.15, 0.2) is 0 Å². The van der Waals surface area contributed by atoms with E-state index in [1.165, 1.54) is 10.4 Å². The predicted molar refractivity (Wildman–Crippen MR) is 73.0 cm³/mol. The Labute approximate surface area is 107 Å². The lowest BCUT2D eigenvalue weighted by Gasteiger charge is -2.13. The van der Waals surface area contributed by atoms with E-state index < -0.39 is 0 Å². The maximum absolute atomic E-state index is 11.9. The Bertz CT molecular complexity index is 349. The number of nitrogens with one attached hydrogen (secondary N) is 1. The van der Waals surface area contributed by atoms with Crippen LogP contribution in [0.5, 0.6) is 0 Å². The van der Waals surface area contributed by atoms with Crippen LogP contribution in [0.4, 0.5) is 0 Å². The first-order chi connectivity index (χ1) is 8.22. The molecule has 17 heavy (non-hydrogen) atoms. The Kier molecular flexibility index (Phi) is 6.22. The summed E-state index contributed by atoms with van der Waals surface area (Å²) in [5, 5.41) is 5.06. The Morgan fingerprint density at radius 1 is 1.53 bits per heavy atom. The van der Waals surface area contributed by atoms with Crippen LogP contribution in [-0.4, -0.2) is 12.5 Å². The van der Waals surface area contributed by atoms with Crippen molar-refractivity contribution in [1.29, 1.82) is 0 Å². The summed E-state index contributed by atoms with van der Waals surface area (Å²) < 4.78 is 0. The zero-order chi connectivity index (χ0) is 12.7. The number of aryl methyl sites for hydroxylation is 1. The van der Waals surface area contributed by atoms with Gasteiger partial charge in [-0.05, 0) is 29.9 Å². The van der Waals surface area contributed by atoms with Gasteiger partial charge < -0.3 is 11.1 Å². The summed E-state index contributed by atoms with van der Waals surface area (Å²) in [6.45, 7) is 5.28. The molecule has 0 radical (unpaired) electrons. The van der Waals surface area contributed by atoms with Gasteiger partial charge in [-0.25, -0.2) is 0 Å². The molecule has 0 spiro atoms. The molecule has 0 aliphatic heterocycles. The number of thiophene rings is 1. The van der Waals surface area contributed by atoms with Crippen LogP contribution in [0.15, 0.2) is 11.4 Å². The van der Waals surface area contributed by atoms with Crippen LogP contribution in [0.25, 0.3) is 0 Å². The third-order valence-electron chi connectivity index (χ3n) is 2.93. The van der Waals surface area contributed by atoms with Crippen molar-refractivity contribution in [3.8, 4) is 0 Å². The minimum Gasteiger partial charge on any atom is -0.351 e. The van der Waals surface area contributed by atoms with Crippen LogP contribution in [0.3, 0.4) is 0 Å². The summed E-state index contributed by atoms with van der Waals surface area (Å²) in [7, 11) is 0. The second-order valence-electron chi connectivity index (χ2n) is 4.16. The Hall–Kier alpha value is -0.870. The van der Waals surface area contributed by atoms with Crippen LogP contribution in [0, 0.1) is 5.92 Å². The predicted octanol–water partition coefficient (Wildman–Crippen LogP) is 2.30. The summed E-state index contributed by atoms with van der Waals surface area (Å²) in [5.74, 6) is 0.0508. The molecule has 0 aromatic carbocycles. The first-order valence-corrected chi connectivity index (χ1v) is 7.13. The molecule has 3 nitrogen and oxygen atoms in total. The van der Waals surface area contributed by atoms with E-state index in [4.69, 9.17) is 5.73 Å². The number of rotatable bonds is 7. The molecule has 0 fully saturated rings. The van der Waals surface area contributed by atoms with E-state index in [1.54, 1.807) is 11.3 Å². The van der Waals surface area contributed by atoms with Crippen LogP contribution in [0.2, 0.25) is 0 Å². The molecule has 1 aromatic rings. The lowest BCUT2D eigenvalue weighted by molar-refractivity contribution is -0.125. The van der Waals surface area contributed by atoms with Gasteiger partial charge in [-0.2, -0.15) is 0 Å². The van der Waals surface area contributed by atoms with Crippen molar-refractivity contribution in [2.24, 2.45) is 11.7 Å². The minimum absolute atomic E-state index is 0.0370. The van der Waals surface area contributed by atoms with Crippen molar-refractivity contribution >= 4 is 17.2 Å². The fourth-order valence-electron chi connectivity index (χ4n) is 1.85. The average molecular weight is 254 g/mol. The molecule has 0 aliphatic rings. The fourth-order valence-corrected chi connectivity index (χ4v) is 2.77. The quantitative estimate of drug-likeness (QED) is 0.784. The second kappa shape index (κ2) is 7.45. The summed E-state index contributed by atoms with van der Waals surface area (Å²) >= 11 is 1.70. The molecule has 1 amide bonds. The molecule has 3 N–H and O–H groups in total. The standard InChI is InChI=1S/C13H22N2OS/c1-3-5-11(8-14)13(16)15-9-12-10(4-2)6-7-17-12/h6-7,11H,3-5,8-9,14H2,1-2H3,(H,15,16). The molecule has 1 unspecified atom stereocenters. The van der Waals surface area contributed by atoms with Crippen molar-refractivity contribution < 1.29 is 4.79 Å². The number of amides is 1. The van der Waals surface area contributed by atoms with Gasteiger partial charge in [0, 0.05) is 11.4 Å². The molecule has 1 heterocycles. The minimum atomic E-state index is -0.0370. The van der Waals surface area contributed by atoms with Gasteiger partial charge in [0.2, 0.25) is 5.91 Å². The highest BCUT2D eigenvalue weighted by Gasteiger charge is 2.15. The van der Waals surface area contributed by atoms with Crippen molar-refractivity contribution in [2.75, 3.05) is 6.54 Å². The second-order valence-corrected chi connectivity index (χ2v) is 5.16. The Morgan fingerprint density at radius 3 is 2.88 bits per heavy atom. The van der Waals surface area contributed by atoms with Crippen LogP contribution in [-0.2, 0) is 17.8 Å². The summed E-state index contributed by atoms with van der Waals surface area (Å²) in [6, 6.07) is 2.12. The van der Waals surface area contributed by atoms with Crippen molar-refractivity contribution in [3.05, 3.63) is 21.9 Å². The van der Waals surface area contributed by atoms with E-state index >= 15 is 0 Å². The topological polar surface area (TPSA) is 55.1 Å². The third-order valence-corrected chi connectivity index (χ3v) is 3.90. The van der Waals surface area contributed by atoms with Gasteiger partial charge in [0.05, 0.1) is 12.5 Å². The molecule has 1 atom stereocenters. The van der Waals surface area contributed by atoms with Gasteiger partial charge in [0.25, 0.3) is 0 Å². The highest BCUT2D eigenvalue weighted by Crippen LogP contribution is 2.17. The highest BCUT2D eigenvalue weighted by atomic mass is 32.1. The number of hydrogen-bond donors (Lipinski definition) is 2. The average Bonchev–Trinajstić information content (AvgIpc) is 2.80. The Balaban J connectivity index is 2.47. The lowest BCUT2D eigenvalue weighted by atomic mass is 10.0. The first kappa shape index (κ1) is 14.2. The summed E-state index contributed by atoms with van der Waals surface area (Å²) in [5.41, 5.74) is 6.94. The van der Waals surface area contributed by atoms with E-state index in [-0.39, 0.29) is 11.8 Å². The molecule has 1 rings (SSSR count). The molecular formula is C13H22N2OS. The van der Waals surface area contributed by atoms with Crippen LogP contribution >= 0.6 is 11.3 Å². The zero-order valence-electron chi connectivity index (χ0n) is 10.7. The number of nitrogens with two attached hydrogens (primary N) is 1. The zero-order valence-corrected chi connectivity index (χ0v) is 11.5. The van der Waals surface area contributed by atoms with Gasteiger partial charge in [-0.1, -0.05) is 20.3 Å². The van der Waals surface area contributed by atoms with E-state index in [1.807, 2.05) is 0 Å². The lowest BCUT2D eigenvalue weighted by Crippen LogP contribution is -2.34. The van der Waals surface area contributed by atoms with Gasteiger partial charge in [-0.3, -0.25) is 4.79 Å². The molecule has 0 saturated carbocycles. The molecule has 0 aliphatic carbocycles. The number of carbonyl (C=O) groups excluding carboxylic acids is 1. The molecule has 1 aromatic heterocycles. The van der Waals surface area contributed by atoms with Crippen molar-refractivity contribution in [3.63, 3.8) is 0 Å². The van der Waals surface area contributed by atoms with Crippen molar-refractivity contribution in [1.82, 2.24) is 5.32 Å². The molecule has 0 saturated heterocycles. The molecular weight excluding hydrogens is 232 g/mol. The normalized spacial score (nSPS) is 12.4. The van der Waals surface area contributed by atoms with Gasteiger partial charge in [-0.15, -0.1) is 11.3 Å². The molecule has 96 valence electrons. The van der Waals surface area contributed by atoms with E-state index in [0.29, 0.717) is 13.1 Å². The van der Waals surface area contributed by atoms with Gasteiger partial charge >= 0.3 is 0 Å². The maximum atomic E-state index is 11.9. The number of hydrogen-bond acceptors (Lipinski definition) is 3. The van der Waals surface area contributed by atoms with E-state index in [2.05, 4.69) is 30.6 Å². The Morgan fingerprint density at radius 2 is 2.29 bits per heavy atom. The van der Waals surface area contributed by atoms with Crippen LogP contribution in [0.1, 0.15) is 37.1 Å². The molecule has 0 bridgehead atoms. The van der Waals surface area contributed by atoms with Crippen LogP contribution < -0.4 is 11.1 Å².